The van der Waals surface area contributed by atoms with Crippen LogP contribution < -0.4 is 5.32 Å². The molecular weight excluding hydrogens is 240 g/mol. The van der Waals surface area contributed by atoms with Crippen LogP contribution in [-0.4, -0.2) is 35.3 Å². The van der Waals surface area contributed by atoms with E-state index in [1.807, 2.05) is 31.2 Å². The predicted molar refractivity (Wildman–Crippen MR) is 73.9 cm³/mol. The van der Waals surface area contributed by atoms with E-state index < -0.39 is 5.54 Å². The molecule has 19 heavy (non-hydrogen) atoms. The van der Waals surface area contributed by atoms with Gasteiger partial charge in [-0.1, -0.05) is 25.1 Å². The molecule has 1 aliphatic rings. The van der Waals surface area contributed by atoms with Crippen molar-refractivity contribution in [3.8, 4) is 0 Å². The van der Waals surface area contributed by atoms with E-state index in [9.17, 15) is 9.59 Å². The highest BCUT2D eigenvalue weighted by Crippen LogP contribution is 2.22. The van der Waals surface area contributed by atoms with Gasteiger partial charge in [0.1, 0.15) is 5.54 Å². The summed E-state index contributed by atoms with van der Waals surface area (Å²) in [5.41, 5.74) is 0.929. The first kappa shape index (κ1) is 13.6. The molecule has 0 radical (unpaired) electrons. The molecule has 1 N–H and O–H groups in total. The van der Waals surface area contributed by atoms with E-state index >= 15 is 0 Å². The lowest BCUT2D eigenvalue weighted by molar-refractivity contribution is -0.133. The van der Waals surface area contributed by atoms with E-state index in [-0.39, 0.29) is 11.8 Å². The van der Waals surface area contributed by atoms with Crippen molar-refractivity contribution in [2.24, 2.45) is 0 Å². The maximum atomic E-state index is 12.7. The fourth-order valence-corrected chi connectivity index (χ4v) is 2.44. The molecular formula is C15H20N2O2. The number of nitrogens with one attached hydrogen (secondary N) is 1. The summed E-state index contributed by atoms with van der Waals surface area (Å²) in [5, 5.41) is 2.80. The molecule has 2 amide bonds. The second-order valence-electron chi connectivity index (χ2n) is 5.28. The van der Waals surface area contributed by atoms with Gasteiger partial charge in [0, 0.05) is 18.7 Å². The predicted octanol–water partition coefficient (Wildman–Crippen LogP) is 1.60. The Morgan fingerprint density at radius 2 is 2.05 bits per heavy atom. The molecule has 4 heteroatoms. The molecule has 4 nitrogen and oxygen atoms in total. The molecule has 1 saturated heterocycles. The second-order valence-corrected chi connectivity index (χ2v) is 5.28. The summed E-state index contributed by atoms with van der Waals surface area (Å²) in [7, 11) is 0. The highest BCUT2D eigenvalue weighted by atomic mass is 16.2. The fourth-order valence-electron chi connectivity index (χ4n) is 2.44. The third-order valence-corrected chi connectivity index (χ3v) is 3.73. The average molecular weight is 260 g/mol. The molecule has 0 saturated carbocycles. The van der Waals surface area contributed by atoms with Crippen LogP contribution in [0.4, 0.5) is 0 Å². The summed E-state index contributed by atoms with van der Waals surface area (Å²) >= 11 is 0. The van der Waals surface area contributed by atoms with Crippen LogP contribution in [0.5, 0.6) is 0 Å². The Kier molecular flexibility index (Phi) is 3.60. The highest BCUT2D eigenvalue weighted by molar-refractivity contribution is 6.00. The molecule has 1 aromatic carbocycles. The van der Waals surface area contributed by atoms with Gasteiger partial charge >= 0.3 is 0 Å². The zero-order chi connectivity index (χ0) is 14.0. The molecule has 102 valence electrons. The lowest BCUT2D eigenvalue weighted by Crippen LogP contribution is -2.63. The number of aryl methyl sites for hydroxylation is 1. The largest absolute Gasteiger partial charge is 0.352 e. The van der Waals surface area contributed by atoms with Crippen molar-refractivity contribution in [1.82, 2.24) is 10.2 Å². The Labute approximate surface area is 113 Å². The van der Waals surface area contributed by atoms with E-state index in [0.29, 0.717) is 18.7 Å². The average Bonchev–Trinajstić information content (AvgIpc) is 2.41. The van der Waals surface area contributed by atoms with Crippen LogP contribution >= 0.6 is 0 Å². The number of hydrogen-bond donors (Lipinski definition) is 1. The maximum Gasteiger partial charge on any atom is 0.255 e. The number of carbonyl (C=O) groups is 2. The van der Waals surface area contributed by atoms with Gasteiger partial charge in [0.15, 0.2) is 0 Å². The quantitative estimate of drug-likeness (QED) is 0.878. The van der Waals surface area contributed by atoms with Gasteiger partial charge in [0.05, 0.1) is 0 Å². The minimum Gasteiger partial charge on any atom is -0.352 e. The zero-order valence-corrected chi connectivity index (χ0v) is 11.7. The standard InChI is InChI=1S/C15H20N2O2/c1-4-11-7-5-6-8-12(11)13(18)17-10-9-16-14(19)15(17,2)3/h5-8H,4,9-10H2,1-3H3,(H,16,19). The van der Waals surface area contributed by atoms with Crippen LogP contribution in [0.3, 0.4) is 0 Å². The first-order chi connectivity index (χ1) is 8.98. The summed E-state index contributed by atoms with van der Waals surface area (Å²) in [6, 6.07) is 7.60. The van der Waals surface area contributed by atoms with E-state index in [1.165, 1.54) is 0 Å². The van der Waals surface area contributed by atoms with E-state index in [0.717, 1.165) is 12.0 Å². The molecule has 1 fully saturated rings. The summed E-state index contributed by atoms with van der Waals surface area (Å²) in [6.07, 6.45) is 0.808. The summed E-state index contributed by atoms with van der Waals surface area (Å²) in [5.74, 6) is -0.154. The molecule has 1 heterocycles. The first-order valence-electron chi connectivity index (χ1n) is 6.66. The van der Waals surface area contributed by atoms with Gasteiger partial charge in [-0.25, -0.2) is 0 Å². The van der Waals surface area contributed by atoms with Crippen molar-refractivity contribution in [2.45, 2.75) is 32.7 Å². The lowest BCUT2D eigenvalue weighted by Gasteiger charge is -2.41. The third kappa shape index (κ3) is 2.35. The number of nitrogens with zero attached hydrogens (tertiary/aromatic N) is 1. The van der Waals surface area contributed by atoms with Crippen LogP contribution in [0.25, 0.3) is 0 Å². The molecule has 0 aliphatic carbocycles. The Morgan fingerprint density at radius 3 is 2.74 bits per heavy atom. The molecule has 0 spiro atoms. The molecule has 0 unspecified atom stereocenters. The van der Waals surface area contributed by atoms with Crippen LogP contribution in [0.1, 0.15) is 36.7 Å². The monoisotopic (exact) mass is 260 g/mol. The maximum absolute atomic E-state index is 12.7. The second kappa shape index (κ2) is 5.03. The number of rotatable bonds is 2. The number of amides is 2. The van der Waals surface area contributed by atoms with Gasteiger partial charge in [-0.15, -0.1) is 0 Å². The Hall–Kier alpha value is -1.84. The van der Waals surface area contributed by atoms with Gasteiger partial charge in [-0.3, -0.25) is 9.59 Å². The van der Waals surface area contributed by atoms with Crippen LogP contribution in [0.2, 0.25) is 0 Å². The Morgan fingerprint density at radius 1 is 1.37 bits per heavy atom. The topological polar surface area (TPSA) is 49.4 Å². The van der Waals surface area contributed by atoms with Gasteiger partial charge < -0.3 is 10.2 Å². The molecule has 0 atom stereocenters. The molecule has 2 rings (SSSR count). The molecule has 0 bridgehead atoms. The van der Waals surface area contributed by atoms with Gasteiger partial charge in [0.25, 0.3) is 5.91 Å². The SMILES string of the molecule is CCc1ccccc1C(=O)N1CCNC(=O)C1(C)C. The minimum atomic E-state index is -0.795. The van der Waals surface area contributed by atoms with Crippen molar-refractivity contribution >= 4 is 11.8 Å². The van der Waals surface area contributed by atoms with Crippen LogP contribution in [0, 0.1) is 0 Å². The Bertz CT molecular complexity index is 509. The number of benzene rings is 1. The molecule has 1 aromatic rings. The van der Waals surface area contributed by atoms with Crippen molar-refractivity contribution < 1.29 is 9.59 Å². The van der Waals surface area contributed by atoms with Crippen LogP contribution in [-0.2, 0) is 11.2 Å². The fraction of sp³-hybridized carbons (Fsp3) is 0.467. The van der Waals surface area contributed by atoms with E-state index in [1.54, 1.807) is 18.7 Å². The first-order valence-corrected chi connectivity index (χ1v) is 6.66. The van der Waals surface area contributed by atoms with Crippen molar-refractivity contribution in [2.75, 3.05) is 13.1 Å². The van der Waals surface area contributed by atoms with Gasteiger partial charge in [0.2, 0.25) is 5.91 Å². The third-order valence-electron chi connectivity index (χ3n) is 3.73. The van der Waals surface area contributed by atoms with Gasteiger partial charge in [-0.05, 0) is 31.9 Å². The smallest absolute Gasteiger partial charge is 0.255 e. The van der Waals surface area contributed by atoms with E-state index in [4.69, 9.17) is 0 Å². The van der Waals surface area contributed by atoms with E-state index in [2.05, 4.69) is 5.32 Å². The van der Waals surface area contributed by atoms with Gasteiger partial charge in [-0.2, -0.15) is 0 Å². The van der Waals surface area contributed by atoms with Crippen molar-refractivity contribution in [1.29, 1.82) is 0 Å². The summed E-state index contributed by atoms with van der Waals surface area (Å²) in [4.78, 5) is 26.3. The van der Waals surface area contributed by atoms with Crippen molar-refractivity contribution in [3.05, 3.63) is 35.4 Å². The normalized spacial score (nSPS) is 18.1. The molecule has 1 aliphatic heterocycles. The molecule has 0 aromatic heterocycles. The Balaban J connectivity index is 2.35. The summed E-state index contributed by atoms with van der Waals surface area (Å²) < 4.78 is 0. The summed E-state index contributed by atoms with van der Waals surface area (Å²) in [6.45, 7) is 6.67. The number of piperazine rings is 1. The zero-order valence-electron chi connectivity index (χ0n) is 11.7. The minimum absolute atomic E-state index is 0.0581. The van der Waals surface area contributed by atoms with Crippen LogP contribution in [0.15, 0.2) is 24.3 Å². The number of hydrogen-bond acceptors (Lipinski definition) is 2. The van der Waals surface area contributed by atoms with Crippen molar-refractivity contribution in [3.63, 3.8) is 0 Å². The highest BCUT2D eigenvalue weighted by Gasteiger charge is 2.40. The number of carbonyl (C=O) groups excluding carboxylic acids is 2. The lowest BCUT2D eigenvalue weighted by atomic mass is 9.96.